The van der Waals surface area contributed by atoms with Gasteiger partial charge in [-0.05, 0) is 52.5 Å². The third-order valence-electron chi connectivity index (χ3n) is 2.08. The largest absolute Gasteiger partial charge is 0.474 e. The number of ketones is 1. The Bertz CT molecular complexity index is 475. The van der Waals surface area contributed by atoms with Crippen molar-refractivity contribution in [1.82, 2.24) is 0 Å². The highest BCUT2D eigenvalue weighted by Gasteiger charge is 2.14. The minimum absolute atomic E-state index is 0.176. The van der Waals surface area contributed by atoms with Crippen molar-refractivity contribution in [2.24, 2.45) is 0 Å². The van der Waals surface area contributed by atoms with E-state index in [0.717, 1.165) is 0 Å². The maximum atomic E-state index is 13.7. The highest BCUT2D eigenvalue weighted by atomic mass is 19.1. The normalized spacial score (nSPS) is 10.9. The molecule has 0 unspecified atom stereocenters. The number of rotatable bonds is 4. The average Bonchev–Trinajstić information content (AvgIpc) is 2.17. The predicted octanol–water partition coefficient (Wildman–Crippen LogP) is 3.73. The summed E-state index contributed by atoms with van der Waals surface area (Å²) in [6.45, 7) is 10.7. The number of hydrogen-bond donors (Lipinski definition) is 1. The van der Waals surface area contributed by atoms with Crippen LogP contribution in [0.1, 0.15) is 38.1 Å². The Hall–Kier alpha value is -1.84. The molecule has 0 bridgehead atoms. The fourth-order valence-electron chi connectivity index (χ4n) is 1.38. The van der Waals surface area contributed by atoms with E-state index in [1.165, 1.54) is 19.1 Å². The molecule has 0 fully saturated rings. The van der Waals surface area contributed by atoms with Crippen molar-refractivity contribution in [2.45, 2.75) is 33.3 Å². The average molecular weight is 251 g/mol. The molecule has 98 valence electrons. The van der Waals surface area contributed by atoms with Crippen LogP contribution in [0.25, 0.3) is 0 Å². The van der Waals surface area contributed by atoms with E-state index in [-0.39, 0.29) is 17.4 Å². The minimum atomic E-state index is -0.513. The second-order valence-corrected chi connectivity index (χ2v) is 5.01. The minimum Gasteiger partial charge on any atom is -0.474 e. The molecule has 1 rings (SSSR count). The lowest BCUT2D eigenvalue weighted by Crippen LogP contribution is -2.21. The molecule has 0 atom stereocenters. The monoisotopic (exact) mass is 251 g/mol. The predicted molar refractivity (Wildman–Crippen MR) is 70.0 cm³/mol. The van der Waals surface area contributed by atoms with Gasteiger partial charge in [0.2, 0.25) is 0 Å². The van der Waals surface area contributed by atoms with E-state index in [1.807, 2.05) is 20.8 Å². The van der Waals surface area contributed by atoms with Crippen molar-refractivity contribution in [3.63, 3.8) is 0 Å². The number of hydrogen-bond acceptors (Lipinski definition) is 3. The van der Waals surface area contributed by atoms with Crippen LogP contribution in [0.15, 0.2) is 30.7 Å². The van der Waals surface area contributed by atoms with Crippen LogP contribution in [0, 0.1) is 5.82 Å². The second kappa shape index (κ2) is 5.21. The molecule has 18 heavy (non-hydrogen) atoms. The molecular formula is C14H18FNO2. The van der Waals surface area contributed by atoms with Crippen molar-refractivity contribution in [1.29, 1.82) is 0 Å². The molecule has 1 N–H and O–H groups in total. The summed E-state index contributed by atoms with van der Waals surface area (Å²) >= 11 is 0. The smallest absolute Gasteiger partial charge is 0.184 e. The van der Waals surface area contributed by atoms with Crippen LogP contribution < -0.4 is 5.32 Å². The van der Waals surface area contributed by atoms with Gasteiger partial charge in [0.25, 0.3) is 0 Å². The zero-order valence-corrected chi connectivity index (χ0v) is 11.1. The maximum absolute atomic E-state index is 13.7. The molecule has 0 aliphatic carbocycles. The summed E-state index contributed by atoms with van der Waals surface area (Å²) < 4.78 is 19.1. The van der Waals surface area contributed by atoms with Crippen LogP contribution in [0.5, 0.6) is 0 Å². The number of benzene rings is 1. The molecule has 0 saturated heterocycles. The maximum Gasteiger partial charge on any atom is 0.184 e. The van der Waals surface area contributed by atoms with E-state index < -0.39 is 11.4 Å². The highest BCUT2D eigenvalue weighted by Crippen LogP contribution is 2.20. The lowest BCUT2D eigenvalue weighted by molar-refractivity contribution is 0.0564. The van der Waals surface area contributed by atoms with E-state index >= 15 is 0 Å². The highest BCUT2D eigenvalue weighted by molar-refractivity contribution is 5.94. The Morgan fingerprint density at radius 1 is 1.39 bits per heavy atom. The molecule has 1 aromatic carbocycles. The molecule has 1 aromatic rings. The van der Waals surface area contributed by atoms with Gasteiger partial charge in [0.15, 0.2) is 11.7 Å². The van der Waals surface area contributed by atoms with E-state index in [2.05, 4.69) is 11.9 Å². The SMILES string of the molecule is C=C(Nc1ccc(C(C)=O)cc1F)OC(C)(C)C. The summed E-state index contributed by atoms with van der Waals surface area (Å²) in [5.41, 5.74) is 0.162. The van der Waals surface area contributed by atoms with Crippen LogP contribution >= 0.6 is 0 Å². The number of ether oxygens (including phenoxy) is 1. The Morgan fingerprint density at radius 3 is 2.44 bits per heavy atom. The molecule has 0 amide bonds. The second-order valence-electron chi connectivity index (χ2n) is 5.01. The van der Waals surface area contributed by atoms with Gasteiger partial charge in [-0.1, -0.05) is 0 Å². The van der Waals surface area contributed by atoms with Crippen molar-refractivity contribution >= 4 is 11.5 Å². The van der Waals surface area contributed by atoms with Crippen LogP contribution in [0.4, 0.5) is 10.1 Å². The van der Waals surface area contributed by atoms with Crippen molar-refractivity contribution < 1.29 is 13.9 Å². The summed E-state index contributed by atoms with van der Waals surface area (Å²) in [5, 5.41) is 2.73. The lowest BCUT2D eigenvalue weighted by Gasteiger charge is -2.23. The number of Topliss-reactive ketones (excluding diaryl/α,β-unsaturated/α-hetero) is 1. The van der Waals surface area contributed by atoms with Gasteiger partial charge in [0.1, 0.15) is 11.4 Å². The van der Waals surface area contributed by atoms with Crippen LogP contribution in [0.3, 0.4) is 0 Å². The van der Waals surface area contributed by atoms with Crippen molar-refractivity contribution in [3.05, 3.63) is 42.0 Å². The first kappa shape index (κ1) is 14.2. The van der Waals surface area contributed by atoms with Crippen LogP contribution in [-0.2, 0) is 4.74 Å². The summed E-state index contributed by atoms with van der Waals surface area (Å²) in [6, 6.07) is 4.23. The fourth-order valence-corrected chi connectivity index (χ4v) is 1.38. The molecule has 3 nitrogen and oxygen atoms in total. The van der Waals surface area contributed by atoms with Crippen molar-refractivity contribution in [3.8, 4) is 0 Å². The zero-order valence-electron chi connectivity index (χ0n) is 11.1. The molecule has 0 saturated carbocycles. The Labute approximate surface area is 107 Å². The van der Waals surface area contributed by atoms with E-state index in [0.29, 0.717) is 5.56 Å². The molecule has 0 aromatic heterocycles. The number of halogens is 1. The molecule has 4 heteroatoms. The molecule has 0 aliphatic heterocycles. The van der Waals surface area contributed by atoms with Gasteiger partial charge >= 0.3 is 0 Å². The summed E-state index contributed by atoms with van der Waals surface area (Å²) in [5.74, 6) is -0.427. The number of carbonyl (C=O) groups is 1. The number of nitrogens with one attached hydrogen (secondary N) is 1. The van der Waals surface area contributed by atoms with Gasteiger partial charge in [-0.3, -0.25) is 4.79 Å². The van der Waals surface area contributed by atoms with Gasteiger partial charge in [0.05, 0.1) is 5.69 Å². The summed E-state index contributed by atoms with van der Waals surface area (Å²) in [4.78, 5) is 11.1. The van der Waals surface area contributed by atoms with Gasteiger partial charge in [-0.15, -0.1) is 0 Å². The molecule has 0 spiro atoms. The van der Waals surface area contributed by atoms with Gasteiger partial charge < -0.3 is 10.1 Å². The third kappa shape index (κ3) is 4.20. The van der Waals surface area contributed by atoms with E-state index in [1.54, 1.807) is 6.07 Å². The standard InChI is InChI=1S/C14H18FNO2/c1-9(17)11-6-7-13(12(15)8-11)16-10(2)18-14(3,4)5/h6-8,16H,2H2,1,3-5H3. The van der Waals surface area contributed by atoms with Gasteiger partial charge in [0, 0.05) is 5.56 Å². The quantitative estimate of drug-likeness (QED) is 0.654. The summed E-state index contributed by atoms with van der Waals surface area (Å²) in [7, 11) is 0. The molecule has 0 heterocycles. The number of anilines is 1. The topological polar surface area (TPSA) is 38.3 Å². The number of carbonyl (C=O) groups excluding carboxylic acids is 1. The zero-order chi connectivity index (χ0) is 13.9. The molecule has 0 aliphatic rings. The van der Waals surface area contributed by atoms with E-state index in [4.69, 9.17) is 4.74 Å². The third-order valence-corrected chi connectivity index (χ3v) is 2.08. The molecule has 0 radical (unpaired) electrons. The first-order chi connectivity index (χ1) is 8.19. The van der Waals surface area contributed by atoms with E-state index in [9.17, 15) is 9.18 Å². The molecular weight excluding hydrogens is 233 g/mol. The first-order valence-electron chi connectivity index (χ1n) is 5.64. The fraction of sp³-hybridized carbons (Fsp3) is 0.357. The van der Waals surface area contributed by atoms with Crippen LogP contribution in [0.2, 0.25) is 0 Å². The first-order valence-corrected chi connectivity index (χ1v) is 5.64. The lowest BCUT2D eigenvalue weighted by atomic mass is 10.1. The Kier molecular flexibility index (Phi) is 4.11. The Morgan fingerprint density at radius 2 is 2.00 bits per heavy atom. The Balaban J connectivity index is 2.80. The van der Waals surface area contributed by atoms with Gasteiger partial charge in [-0.2, -0.15) is 0 Å². The summed E-state index contributed by atoms with van der Waals surface area (Å²) in [6.07, 6.45) is 0. The van der Waals surface area contributed by atoms with Crippen LogP contribution in [-0.4, -0.2) is 11.4 Å². The van der Waals surface area contributed by atoms with Crippen molar-refractivity contribution in [2.75, 3.05) is 5.32 Å². The van der Waals surface area contributed by atoms with Gasteiger partial charge in [-0.25, -0.2) is 4.39 Å².